The second kappa shape index (κ2) is 8.80. The fraction of sp³-hybridized carbons (Fsp3) is 0.208. The zero-order chi connectivity index (χ0) is 20.1. The number of hydrogen-bond donors (Lipinski definition) is 1. The van der Waals surface area contributed by atoms with E-state index < -0.39 is 0 Å². The number of carbonyl (C=O) groups is 1. The average Bonchev–Trinajstić information content (AvgIpc) is 2.78. The van der Waals surface area contributed by atoms with Gasteiger partial charge in [0.25, 0.3) is 5.91 Å². The van der Waals surface area contributed by atoms with Gasteiger partial charge < -0.3 is 4.74 Å². The van der Waals surface area contributed by atoms with Crippen LogP contribution in [0.15, 0.2) is 78.9 Å². The molecule has 0 aromatic heterocycles. The van der Waals surface area contributed by atoms with Gasteiger partial charge in [-0.2, -0.15) is 0 Å². The van der Waals surface area contributed by atoms with Gasteiger partial charge in [-0.05, 0) is 42.3 Å². The van der Waals surface area contributed by atoms with Crippen LogP contribution in [0.2, 0.25) is 0 Å². The lowest BCUT2D eigenvalue weighted by atomic mass is 9.99. The Hall–Kier alpha value is -3.31. The Bertz CT molecular complexity index is 907. The molecular formula is C24H25N3O2. The lowest BCUT2D eigenvalue weighted by Crippen LogP contribution is -2.45. The number of nitrogens with one attached hydrogen (secondary N) is 1. The van der Waals surface area contributed by atoms with E-state index >= 15 is 0 Å². The van der Waals surface area contributed by atoms with Gasteiger partial charge in [0.2, 0.25) is 0 Å². The molecule has 0 atom stereocenters. The van der Waals surface area contributed by atoms with Crippen molar-refractivity contribution in [2.75, 3.05) is 25.2 Å². The molecule has 3 aromatic carbocycles. The Balaban J connectivity index is 1.48. The molecule has 5 nitrogen and oxygen atoms in total. The zero-order valence-corrected chi connectivity index (χ0v) is 16.5. The van der Waals surface area contributed by atoms with E-state index in [1.807, 2.05) is 77.8 Å². The first kappa shape index (κ1) is 19.0. The minimum absolute atomic E-state index is 0.0453. The van der Waals surface area contributed by atoms with E-state index in [-0.39, 0.29) is 5.91 Å². The smallest absolute Gasteiger partial charge is 0.252 e. The Labute approximate surface area is 171 Å². The van der Waals surface area contributed by atoms with Gasteiger partial charge in [0.1, 0.15) is 5.75 Å². The minimum Gasteiger partial charge on any atom is -0.496 e. The van der Waals surface area contributed by atoms with Gasteiger partial charge >= 0.3 is 0 Å². The van der Waals surface area contributed by atoms with Crippen molar-refractivity contribution in [2.24, 2.45) is 0 Å². The van der Waals surface area contributed by atoms with Crippen molar-refractivity contribution in [3.05, 3.63) is 90.0 Å². The molecule has 1 amide bonds. The Kier molecular flexibility index (Phi) is 5.77. The first-order chi connectivity index (χ1) is 14.2. The highest BCUT2D eigenvalue weighted by Gasteiger charge is 2.22. The van der Waals surface area contributed by atoms with Gasteiger partial charge in [-0.1, -0.05) is 48.5 Å². The first-order valence-corrected chi connectivity index (χ1v) is 9.81. The first-order valence-electron chi connectivity index (χ1n) is 9.81. The topological polar surface area (TPSA) is 44.8 Å². The molecule has 0 saturated heterocycles. The highest BCUT2D eigenvalue weighted by atomic mass is 16.5. The number of hydrazine groups is 1. The van der Waals surface area contributed by atoms with Crippen LogP contribution in [0.3, 0.4) is 0 Å². The summed E-state index contributed by atoms with van der Waals surface area (Å²) in [6.07, 6.45) is 0.918. The molecule has 0 fully saturated rings. The molecule has 3 aromatic rings. The van der Waals surface area contributed by atoms with Crippen LogP contribution in [0.25, 0.3) is 0 Å². The summed E-state index contributed by atoms with van der Waals surface area (Å²) >= 11 is 0. The number of amides is 1. The molecule has 0 unspecified atom stereocenters. The van der Waals surface area contributed by atoms with Crippen molar-refractivity contribution in [1.29, 1.82) is 0 Å². The van der Waals surface area contributed by atoms with Crippen LogP contribution in [-0.2, 0) is 17.8 Å². The van der Waals surface area contributed by atoms with Crippen LogP contribution in [-0.4, -0.2) is 31.0 Å². The second-order valence-electron chi connectivity index (χ2n) is 7.10. The molecule has 0 bridgehead atoms. The minimum atomic E-state index is -0.0453. The number of anilines is 2. The fourth-order valence-corrected chi connectivity index (χ4v) is 3.73. The van der Waals surface area contributed by atoms with E-state index in [2.05, 4.69) is 16.4 Å². The van der Waals surface area contributed by atoms with Crippen LogP contribution < -0.4 is 15.2 Å². The van der Waals surface area contributed by atoms with E-state index in [4.69, 9.17) is 4.74 Å². The maximum Gasteiger partial charge on any atom is 0.252 e. The van der Waals surface area contributed by atoms with Crippen LogP contribution in [0.5, 0.6) is 5.75 Å². The van der Waals surface area contributed by atoms with Gasteiger partial charge in [0.05, 0.1) is 25.0 Å². The number of fused-ring (bicyclic) bond motifs is 1. The van der Waals surface area contributed by atoms with Crippen LogP contribution >= 0.6 is 0 Å². The summed E-state index contributed by atoms with van der Waals surface area (Å²) in [4.78, 5) is 15.1. The van der Waals surface area contributed by atoms with Crippen LogP contribution in [0.4, 0.5) is 11.4 Å². The second-order valence-corrected chi connectivity index (χ2v) is 7.10. The molecule has 29 heavy (non-hydrogen) atoms. The summed E-state index contributed by atoms with van der Waals surface area (Å²) in [6, 6.07) is 25.9. The van der Waals surface area contributed by atoms with E-state index in [0.29, 0.717) is 13.1 Å². The summed E-state index contributed by atoms with van der Waals surface area (Å²) in [5, 5.41) is 1.83. The standard InChI is InChI=1S/C24H25N3O2/c1-29-23-14-8-9-19-15-16-26(17-22(19)23)18-24(28)25-27(20-10-4-2-5-11-20)21-12-6-3-7-13-21/h2-14H,15-18H2,1H3,(H,25,28). The van der Waals surface area contributed by atoms with Gasteiger partial charge in [-0.3, -0.25) is 20.1 Å². The summed E-state index contributed by atoms with van der Waals surface area (Å²) < 4.78 is 5.51. The molecule has 5 heteroatoms. The van der Waals surface area contributed by atoms with E-state index in [9.17, 15) is 4.79 Å². The van der Waals surface area contributed by atoms with Crippen LogP contribution in [0, 0.1) is 0 Å². The van der Waals surface area contributed by atoms with Crippen molar-refractivity contribution in [3.8, 4) is 5.75 Å². The molecule has 0 aliphatic carbocycles. The molecule has 0 radical (unpaired) electrons. The molecule has 1 N–H and O–H groups in total. The van der Waals surface area contributed by atoms with Crippen molar-refractivity contribution in [1.82, 2.24) is 10.3 Å². The molecule has 1 heterocycles. The van der Waals surface area contributed by atoms with Crippen molar-refractivity contribution in [2.45, 2.75) is 13.0 Å². The molecule has 1 aliphatic heterocycles. The van der Waals surface area contributed by atoms with Gasteiger partial charge in [-0.15, -0.1) is 0 Å². The van der Waals surface area contributed by atoms with Gasteiger partial charge in [0.15, 0.2) is 0 Å². The number of para-hydroxylation sites is 2. The van der Waals surface area contributed by atoms with E-state index in [1.54, 1.807) is 7.11 Å². The fourth-order valence-electron chi connectivity index (χ4n) is 3.73. The predicted octanol–water partition coefficient (Wildman–Crippen LogP) is 3.92. The molecular weight excluding hydrogens is 362 g/mol. The number of ether oxygens (including phenoxy) is 1. The zero-order valence-electron chi connectivity index (χ0n) is 16.5. The summed E-state index contributed by atoms with van der Waals surface area (Å²) in [5.74, 6) is 0.846. The number of carbonyl (C=O) groups excluding carboxylic acids is 1. The number of benzene rings is 3. The van der Waals surface area contributed by atoms with Crippen molar-refractivity contribution < 1.29 is 9.53 Å². The van der Waals surface area contributed by atoms with E-state index in [1.165, 1.54) is 11.1 Å². The maximum atomic E-state index is 12.9. The number of nitrogens with zero attached hydrogens (tertiary/aromatic N) is 2. The van der Waals surface area contributed by atoms with Crippen molar-refractivity contribution in [3.63, 3.8) is 0 Å². The summed E-state index contributed by atoms with van der Waals surface area (Å²) in [5.41, 5.74) is 7.38. The third-order valence-corrected chi connectivity index (χ3v) is 5.16. The average molecular weight is 387 g/mol. The monoisotopic (exact) mass is 387 g/mol. The Morgan fingerprint density at radius 1 is 0.966 bits per heavy atom. The molecule has 0 spiro atoms. The lowest BCUT2D eigenvalue weighted by molar-refractivity contribution is -0.122. The Morgan fingerprint density at radius 2 is 1.62 bits per heavy atom. The maximum absolute atomic E-state index is 12.9. The Morgan fingerprint density at radius 3 is 2.24 bits per heavy atom. The SMILES string of the molecule is COc1cccc2c1CN(CC(=O)NN(c1ccccc1)c1ccccc1)CC2. The van der Waals surface area contributed by atoms with Gasteiger partial charge in [0, 0.05) is 18.7 Å². The summed E-state index contributed by atoms with van der Waals surface area (Å²) in [7, 11) is 1.69. The highest BCUT2D eigenvalue weighted by Crippen LogP contribution is 2.28. The highest BCUT2D eigenvalue weighted by molar-refractivity contribution is 5.82. The quantitative estimate of drug-likeness (QED) is 0.651. The number of hydrogen-bond acceptors (Lipinski definition) is 4. The normalized spacial score (nSPS) is 13.4. The third-order valence-electron chi connectivity index (χ3n) is 5.16. The molecule has 4 rings (SSSR count). The predicted molar refractivity (Wildman–Crippen MR) is 115 cm³/mol. The molecule has 1 aliphatic rings. The number of rotatable bonds is 6. The van der Waals surface area contributed by atoms with Crippen molar-refractivity contribution >= 4 is 17.3 Å². The van der Waals surface area contributed by atoms with Gasteiger partial charge in [-0.25, -0.2) is 0 Å². The molecule has 148 valence electrons. The van der Waals surface area contributed by atoms with Crippen LogP contribution in [0.1, 0.15) is 11.1 Å². The van der Waals surface area contributed by atoms with E-state index in [0.717, 1.165) is 30.1 Å². The molecule has 0 saturated carbocycles. The largest absolute Gasteiger partial charge is 0.496 e. The third kappa shape index (κ3) is 4.41. The lowest BCUT2D eigenvalue weighted by Gasteiger charge is -2.31. The number of methoxy groups -OCH3 is 1. The summed E-state index contributed by atoms with van der Waals surface area (Å²) in [6.45, 7) is 1.89.